The lowest BCUT2D eigenvalue weighted by Gasteiger charge is -2.36. The summed E-state index contributed by atoms with van der Waals surface area (Å²) in [5.41, 5.74) is 0. The maximum atomic E-state index is 13.0. The predicted octanol–water partition coefficient (Wildman–Crippen LogP) is 0.528. The molecular formula is C18H29N3O4. The Labute approximate surface area is 149 Å². The van der Waals surface area contributed by atoms with Gasteiger partial charge in [0, 0.05) is 12.6 Å². The van der Waals surface area contributed by atoms with Gasteiger partial charge in [0.15, 0.2) is 0 Å². The number of nitrogens with zero attached hydrogens (tertiary/aromatic N) is 2. The van der Waals surface area contributed by atoms with Gasteiger partial charge in [-0.05, 0) is 32.2 Å². The summed E-state index contributed by atoms with van der Waals surface area (Å²) in [7, 11) is 0. The number of nitrogens with one attached hydrogen (secondary N) is 1. The topological polar surface area (TPSA) is 78.7 Å². The lowest BCUT2D eigenvalue weighted by atomic mass is 9.95. The number of ether oxygens (including phenoxy) is 1. The fourth-order valence-corrected chi connectivity index (χ4v) is 4.15. The summed E-state index contributed by atoms with van der Waals surface area (Å²) in [5.74, 6) is 0.0281. The first kappa shape index (κ1) is 18.2. The second-order valence-corrected chi connectivity index (χ2v) is 7.41. The minimum Gasteiger partial charge on any atom is -0.466 e. The van der Waals surface area contributed by atoms with Crippen molar-refractivity contribution in [2.75, 3.05) is 19.7 Å². The molecule has 5 atom stereocenters. The minimum atomic E-state index is -0.279. The van der Waals surface area contributed by atoms with Gasteiger partial charge in [0.25, 0.3) is 0 Å². The molecule has 3 rings (SSSR count). The molecule has 0 aliphatic carbocycles. The first-order chi connectivity index (χ1) is 12.0. The molecule has 3 aliphatic rings. The molecule has 3 heterocycles. The molecule has 0 radical (unpaired) electrons. The van der Waals surface area contributed by atoms with E-state index in [9.17, 15) is 14.4 Å². The van der Waals surface area contributed by atoms with Crippen molar-refractivity contribution < 1.29 is 19.1 Å². The number of fused-ring (bicyclic) bond motifs is 2. The lowest BCUT2D eigenvalue weighted by Crippen LogP contribution is -2.60. The normalized spacial score (nSPS) is 30.3. The number of carbonyl (C=O) groups is 3. The van der Waals surface area contributed by atoms with E-state index in [2.05, 4.69) is 10.2 Å². The summed E-state index contributed by atoms with van der Waals surface area (Å²) in [6.07, 6.45) is 2.86. The Morgan fingerprint density at radius 2 is 2.12 bits per heavy atom. The van der Waals surface area contributed by atoms with Gasteiger partial charge in [0.05, 0.1) is 25.1 Å². The van der Waals surface area contributed by atoms with E-state index < -0.39 is 0 Å². The van der Waals surface area contributed by atoms with Gasteiger partial charge in [0.2, 0.25) is 11.8 Å². The Morgan fingerprint density at radius 3 is 2.80 bits per heavy atom. The van der Waals surface area contributed by atoms with E-state index >= 15 is 0 Å². The Hall–Kier alpha value is -1.63. The Morgan fingerprint density at radius 1 is 1.36 bits per heavy atom. The highest BCUT2D eigenvalue weighted by atomic mass is 16.5. The second-order valence-electron chi connectivity index (χ2n) is 7.41. The van der Waals surface area contributed by atoms with Crippen LogP contribution in [0.25, 0.3) is 0 Å². The molecule has 3 fully saturated rings. The zero-order valence-electron chi connectivity index (χ0n) is 15.4. The number of piperazine rings is 1. The van der Waals surface area contributed by atoms with Crippen molar-refractivity contribution in [3.05, 3.63) is 0 Å². The van der Waals surface area contributed by atoms with Gasteiger partial charge in [-0.1, -0.05) is 20.3 Å². The number of esters is 1. The minimum absolute atomic E-state index is 0.00188. The third kappa shape index (κ3) is 3.52. The summed E-state index contributed by atoms with van der Waals surface area (Å²) >= 11 is 0. The maximum Gasteiger partial charge on any atom is 0.307 e. The Balaban J connectivity index is 1.68. The molecule has 0 aromatic heterocycles. The van der Waals surface area contributed by atoms with Crippen molar-refractivity contribution in [3.63, 3.8) is 0 Å². The summed E-state index contributed by atoms with van der Waals surface area (Å²) in [6.45, 7) is 7.69. The van der Waals surface area contributed by atoms with Crippen molar-refractivity contribution in [1.29, 1.82) is 0 Å². The molecule has 7 nitrogen and oxygen atoms in total. The largest absolute Gasteiger partial charge is 0.466 e. The van der Waals surface area contributed by atoms with Gasteiger partial charge in [0.1, 0.15) is 6.04 Å². The first-order valence-corrected chi connectivity index (χ1v) is 9.50. The van der Waals surface area contributed by atoms with Gasteiger partial charge in [-0.25, -0.2) is 0 Å². The summed E-state index contributed by atoms with van der Waals surface area (Å²) < 4.78 is 5.05. The van der Waals surface area contributed by atoms with Crippen LogP contribution in [-0.4, -0.2) is 71.4 Å². The van der Waals surface area contributed by atoms with Gasteiger partial charge in [-0.15, -0.1) is 0 Å². The SMILES string of the molecule is CCOC(=O)C[C@@H](NC(=O)C1[C@@H]2CN2C(=O)[C@@H]2CCCN12)[C@@H](C)CC. The highest BCUT2D eigenvalue weighted by molar-refractivity contribution is 5.92. The van der Waals surface area contributed by atoms with E-state index in [0.29, 0.717) is 13.2 Å². The van der Waals surface area contributed by atoms with Crippen molar-refractivity contribution in [1.82, 2.24) is 15.1 Å². The van der Waals surface area contributed by atoms with Crippen LogP contribution < -0.4 is 5.32 Å². The van der Waals surface area contributed by atoms with E-state index in [1.54, 1.807) is 6.92 Å². The second kappa shape index (κ2) is 7.32. The third-order valence-corrected chi connectivity index (χ3v) is 5.85. The molecule has 3 saturated heterocycles. The number of hydrogen-bond acceptors (Lipinski definition) is 5. The van der Waals surface area contributed by atoms with E-state index in [4.69, 9.17) is 4.74 Å². The van der Waals surface area contributed by atoms with Crippen LogP contribution >= 0.6 is 0 Å². The van der Waals surface area contributed by atoms with Gasteiger partial charge < -0.3 is 15.0 Å². The molecule has 0 aromatic carbocycles. The summed E-state index contributed by atoms with van der Waals surface area (Å²) in [5, 5.41) is 3.09. The average Bonchev–Trinajstić information content (AvgIpc) is 3.22. The van der Waals surface area contributed by atoms with Crippen molar-refractivity contribution in [2.45, 2.75) is 70.6 Å². The van der Waals surface area contributed by atoms with Crippen molar-refractivity contribution in [2.24, 2.45) is 5.92 Å². The predicted molar refractivity (Wildman–Crippen MR) is 91.7 cm³/mol. The van der Waals surface area contributed by atoms with Crippen molar-refractivity contribution in [3.8, 4) is 0 Å². The molecular weight excluding hydrogens is 322 g/mol. The van der Waals surface area contributed by atoms with E-state index in [1.807, 2.05) is 18.7 Å². The van der Waals surface area contributed by atoms with E-state index in [1.165, 1.54) is 0 Å². The molecule has 0 saturated carbocycles. The maximum absolute atomic E-state index is 13.0. The summed E-state index contributed by atoms with van der Waals surface area (Å²) in [6, 6.07) is -0.648. The van der Waals surface area contributed by atoms with Crippen LogP contribution in [-0.2, 0) is 19.1 Å². The van der Waals surface area contributed by atoms with Crippen LogP contribution in [0.5, 0.6) is 0 Å². The van der Waals surface area contributed by atoms with Gasteiger partial charge >= 0.3 is 5.97 Å². The number of rotatable bonds is 7. The highest BCUT2D eigenvalue weighted by Crippen LogP contribution is 2.37. The monoisotopic (exact) mass is 351 g/mol. The van der Waals surface area contributed by atoms with Gasteiger partial charge in [-0.3, -0.25) is 19.3 Å². The fourth-order valence-electron chi connectivity index (χ4n) is 4.15. The average molecular weight is 351 g/mol. The van der Waals surface area contributed by atoms with Crippen LogP contribution in [0, 0.1) is 5.92 Å². The molecule has 0 spiro atoms. The quantitative estimate of drug-likeness (QED) is 0.535. The van der Waals surface area contributed by atoms with Crippen LogP contribution in [0.2, 0.25) is 0 Å². The van der Waals surface area contributed by atoms with Crippen molar-refractivity contribution >= 4 is 17.8 Å². The molecule has 1 unspecified atom stereocenters. The van der Waals surface area contributed by atoms with Crippen LogP contribution in [0.3, 0.4) is 0 Å². The molecule has 1 N–H and O–H groups in total. The number of amides is 2. The molecule has 0 bridgehead atoms. The standard InChI is InChI=1S/C18H29N3O4/c1-4-11(3)12(9-15(22)25-5-2)19-17(23)16-14-10-21(14)18(24)13-7-6-8-20(13)16/h11-14,16H,4-10H2,1-3H3,(H,19,23)/t11-,12+,13-,14-,16?,21?/m0/s1. The lowest BCUT2D eigenvalue weighted by molar-refractivity contribution is -0.144. The smallest absolute Gasteiger partial charge is 0.307 e. The van der Waals surface area contributed by atoms with E-state index in [0.717, 1.165) is 25.8 Å². The first-order valence-electron chi connectivity index (χ1n) is 9.50. The fraction of sp³-hybridized carbons (Fsp3) is 0.833. The zero-order chi connectivity index (χ0) is 18.1. The Bertz CT molecular complexity index is 552. The van der Waals surface area contributed by atoms with E-state index in [-0.39, 0.29) is 54.3 Å². The summed E-state index contributed by atoms with van der Waals surface area (Å²) in [4.78, 5) is 41.1. The third-order valence-electron chi connectivity index (χ3n) is 5.85. The molecule has 3 aliphatic heterocycles. The molecule has 25 heavy (non-hydrogen) atoms. The Kier molecular flexibility index (Phi) is 5.32. The van der Waals surface area contributed by atoms with Gasteiger partial charge in [-0.2, -0.15) is 0 Å². The van der Waals surface area contributed by atoms with Crippen LogP contribution in [0.15, 0.2) is 0 Å². The zero-order valence-corrected chi connectivity index (χ0v) is 15.4. The molecule has 7 heteroatoms. The highest BCUT2D eigenvalue weighted by Gasteiger charge is 2.59. The molecule has 140 valence electrons. The number of carbonyl (C=O) groups excluding carboxylic acids is 3. The van der Waals surface area contributed by atoms with Crippen LogP contribution in [0.1, 0.15) is 46.5 Å². The molecule has 2 amide bonds. The molecule has 0 aromatic rings. The van der Waals surface area contributed by atoms with Crippen LogP contribution in [0.4, 0.5) is 0 Å². The number of hydrogen-bond donors (Lipinski definition) is 1.